The van der Waals surface area contributed by atoms with Crippen molar-refractivity contribution in [1.82, 2.24) is 4.90 Å². The van der Waals surface area contributed by atoms with Crippen molar-refractivity contribution in [3.8, 4) is 5.75 Å². The molecule has 2 rings (SSSR count). The van der Waals surface area contributed by atoms with Crippen LogP contribution in [0.3, 0.4) is 0 Å². The van der Waals surface area contributed by atoms with E-state index in [0.717, 1.165) is 19.6 Å². The Hall–Kier alpha value is -1.82. The van der Waals surface area contributed by atoms with E-state index in [1.54, 1.807) is 0 Å². The fraction of sp³-hybridized carbons (Fsp3) is 0.538. The zero-order valence-electron chi connectivity index (χ0n) is 10.9. The lowest BCUT2D eigenvalue weighted by atomic mass is 10.1. The van der Waals surface area contributed by atoms with Gasteiger partial charge >= 0.3 is 5.69 Å². The van der Waals surface area contributed by atoms with Gasteiger partial charge in [-0.25, -0.2) is 0 Å². The smallest absolute Gasteiger partial charge is 0.311 e. The average molecular weight is 265 g/mol. The normalized spacial score (nSPS) is 16.2. The molecule has 0 saturated carbocycles. The Labute approximate surface area is 112 Å². The summed E-state index contributed by atoms with van der Waals surface area (Å²) in [6.45, 7) is 3.42. The van der Waals surface area contributed by atoms with Crippen LogP contribution in [-0.2, 0) is 0 Å². The zero-order valence-corrected chi connectivity index (χ0v) is 10.9. The van der Waals surface area contributed by atoms with E-state index < -0.39 is 4.92 Å². The Morgan fingerprint density at radius 1 is 1.32 bits per heavy atom. The van der Waals surface area contributed by atoms with Crippen LogP contribution >= 0.6 is 0 Å². The molecule has 2 N–H and O–H groups in total. The number of nitro benzene ring substituents is 1. The molecule has 0 radical (unpaired) electrons. The number of nitro groups is 1. The molecule has 6 heteroatoms. The Kier molecular flexibility index (Phi) is 4.57. The van der Waals surface area contributed by atoms with E-state index in [1.165, 1.54) is 37.5 Å². The summed E-state index contributed by atoms with van der Waals surface area (Å²) in [7, 11) is 0. The van der Waals surface area contributed by atoms with Crippen LogP contribution in [0.2, 0.25) is 0 Å². The molecule has 19 heavy (non-hydrogen) atoms. The molecule has 1 fully saturated rings. The molecule has 1 aromatic carbocycles. The Balaban J connectivity index is 1.91. The number of likely N-dealkylation sites (tertiary alicyclic amines) is 1. The Morgan fingerprint density at radius 3 is 2.74 bits per heavy atom. The Bertz CT molecular complexity index is 445. The largest absolute Gasteiger partial charge is 0.485 e. The van der Waals surface area contributed by atoms with Gasteiger partial charge in [0.15, 0.2) is 5.75 Å². The van der Waals surface area contributed by atoms with Crippen molar-refractivity contribution in [3.05, 3.63) is 28.3 Å². The summed E-state index contributed by atoms with van der Waals surface area (Å²) >= 11 is 0. The molecule has 0 bridgehead atoms. The second-order valence-corrected chi connectivity index (χ2v) is 4.74. The first kappa shape index (κ1) is 13.6. The molecule has 0 atom stereocenters. The lowest BCUT2D eigenvalue weighted by molar-refractivity contribution is -0.385. The van der Waals surface area contributed by atoms with Crippen LogP contribution in [0.1, 0.15) is 19.3 Å². The van der Waals surface area contributed by atoms with Crippen LogP contribution in [0.25, 0.3) is 0 Å². The van der Waals surface area contributed by atoms with E-state index in [0.29, 0.717) is 12.3 Å². The minimum atomic E-state index is -0.449. The van der Waals surface area contributed by atoms with Gasteiger partial charge in [0.2, 0.25) is 0 Å². The molecule has 104 valence electrons. The fourth-order valence-electron chi connectivity index (χ4n) is 2.26. The molecule has 0 spiro atoms. The fourth-order valence-corrected chi connectivity index (χ4v) is 2.26. The lowest BCUT2D eigenvalue weighted by Gasteiger charge is -2.26. The van der Waals surface area contributed by atoms with E-state index >= 15 is 0 Å². The van der Waals surface area contributed by atoms with Crippen LogP contribution in [0.4, 0.5) is 11.4 Å². The summed E-state index contributed by atoms with van der Waals surface area (Å²) in [5.41, 5.74) is 6.07. The first-order chi connectivity index (χ1) is 9.16. The maximum atomic E-state index is 10.9. The molecule has 1 aliphatic rings. The summed E-state index contributed by atoms with van der Waals surface area (Å²) in [4.78, 5) is 12.7. The number of benzene rings is 1. The van der Waals surface area contributed by atoms with E-state index in [9.17, 15) is 10.1 Å². The van der Waals surface area contributed by atoms with E-state index in [1.807, 2.05) is 0 Å². The predicted octanol–water partition coefficient (Wildman–Crippen LogP) is 2.04. The van der Waals surface area contributed by atoms with Gasteiger partial charge in [-0.1, -0.05) is 6.42 Å². The van der Waals surface area contributed by atoms with Gasteiger partial charge < -0.3 is 10.5 Å². The molecule has 1 heterocycles. The van der Waals surface area contributed by atoms with Crippen molar-refractivity contribution >= 4 is 11.4 Å². The third-order valence-corrected chi connectivity index (χ3v) is 3.29. The van der Waals surface area contributed by atoms with Gasteiger partial charge in [0, 0.05) is 24.4 Å². The van der Waals surface area contributed by atoms with E-state index in [2.05, 4.69) is 4.90 Å². The molecule has 1 aromatic rings. The molecule has 0 aliphatic carbocycles. The molecule has 1 saturated heterocycles. The topological polar surface area (TPSA) is 81.6 Å². The van der Waals surface area contributed by atoms with Gasteiger partial charge in [-0.2, -0.15) is 0 Å². The van der Waals surface area contributed by atoms with Crippen molar-refractivity contribution in [3.63, 3.8) is 0 Å². The van der Waals surface area contributed by atoms with Gasteiger partial charge in [0.25, 0.3) is 0 Å². The van der Waals surface area contributed by atoms with Crippen molar-refractivity contribution in [2.45, 2.75) is 19.3 Å². The van der Waals surface area contributed by atoms with Crippen molar-refractivity contribution in [2.24, 2.45) is 0 Å². The minimum absolute atomic E-state index is 0.0344. The highest BCUT2D eigenvalue weighted by Gasteiger charge is 2.16. The average Bonchev–Trinajstić information content (AvgIpc) is 2.39. The summed E-state index contributed by atoms with van der Waals surface area (Å²) < 4.78 is 5.52. The molecular formula is C13H19N3O3. The predicted molar refractivity (Wildman–Crippen MR) is 73.3 cm³/mol. The number of hydrogen-bond acceptors (Lipinski definition) is 5. The number of nitrogens with zero attached hydrogens (tertiary/aromatic N) is 2. The van der Waals surface area contributed by atoms with Gasteiger partial charge in [0.1, 0.15) is 6.61 Å². The van der Waals surface area contributed by atoms with Crippen LogP contribution in [-0.4, -0.2) is 36.1 Å². The first-order valence-corrected chi connectivity index (χ1v) is 6.56. The minimum Gasteiger partial charge on any atom is -0.485 e. The van der Waals surface area contributed by atoms with Gasteiger partial charge in [-0.3, -0.25) is 15.0 Å². The second-order valence-electron chi connectivity index (χ2n) is 4.74. The number of anilines is 1. The number of nitrogens with two attached hydrogens (primary N) is 1. The van der Waals surface area contributed by atoms with Gasteiger partial charge in [-0.05, 0) is 32.0 Å². The molecule has 6 nitrogen and oxygen atoms in total. The number of ether oxygens (including phenoxy) is 1. The SMILES string of the molecule is Nc1ccc([N+](=O)[O-])c(OCCN2CCCCC2)c1. The highest BCUT2D eigenvalue weighted by Crippen LogP contribution is 2.28. The second kappa shape index (κ2) is 6.38. The van der Waals surface area contributed by atoms with Crippen LogP contribution < -0.4 is 10.5 Å². The van der Waals surface area contributed by atoms with Crippen molar-refractivity contribution < 1.29 is 9.66 Å². The molecule has 0 aromatic heterocycles. The molecule has 1 aliphatic heterocycles. The lowest BCUT2D eigenvalue weighted by Crippen LogP contribution is -2.33. The van der Waals surface area contributed by atoms with Crippen molar-refractivity contribution in [1.29, 1.82) is 0 Å². The summed E-state index contributed by atoms with van der Waals surface area (Å²) in [5.74, 6) is 0.252. The first-order valence-electron chi connectivity index (χ1n) is 6.56. The van der Waals surface area contributed by atoms with E-state index in [4.69, 9.17) is 10.5 Å². The number of hydrogen-bond donors (Lipinski definition) is 1. The number of nitrogen functional groups attached to an aromatic ring is 1. The highest BCUT2D eigenvalue weighted by molar-refractivity contribution is 5.55. The molecule has 0 unspecified atom stereocenters. The van der Waals surface area contributed by atoms with Crippen molar-refractivity contribution in [2.75, 3.05) is 32.0 Å². The van der Waals surface area contributed by atoms with E-state index in [-0.39, 0.29) is 11.4 Å². The number of rotatable bonds is 5. The molecule has 0 amide bonds. The third-order valence-electron chi connectivity index (χ3n) is 3.29. The van der Waals surface area contributed by atoms with Crippen LogP contribution in [0.5, 0.6) is 5.75 Å². The maximum absolute atomic E-state index is 10.9. The standard InChI is InChI=1S/C13H19N3O3/c14-11-4-5-12(16(17)18)13(10-11)19-9-8-15-6-2-1-3-7-15/h4-5,10H,1-3,6-9,14H2. The third kappa shape index (κ3) is 3.82. The number of piperidine rings is 1. The maximum Gasteiger partial charge on any atom is 0.311 e. The monoisotopic (exact) mass is 265 g/mol. The summed E-state index contributed by atoms with van der Waals surface area (Å²) in [5, 5.41) is 10.9. The Morgan fingerprint density at radius 2 is 2.05 bits per heavy atom. The summed E-state index contributed by atoms with van der Waals surface area (Å²) in [6.07, 6.45) is 3.73. The zero-order chi connectivity index (χ0) is 13.7. The van der Waals surface area contributed by atoms with Crippen LogP contribution in [0, 0.1) is 10.1 Å². The molecular weight excluding hydrogens is 246 g/mol. The quantitative estimate of drug-likeness (QED) is 0.500. The van der Waals surface area contributed by atoms with Gasteiger partial charge in [-0.15, -0.1) is 0 Å². The summed E-state index contributed by atoms with van der Waals surface area (Å²) in [6, 6.07) is 4.40. The van der Waals surface area contributed by atoms with Crippen LogP contribution in [0.15, 0.2) is 18.2 Å². The highest BCUT2D eigenvalue weighted by atomic mass is 16.6. The van der Waals surface area contributed by atoms with Gasteiger partial charge in [0.05, 0.1) is 4.92 Å².